The first-order valence-corrected chi connectivity index (χ1v) is 11.3. The van der Waals surface area contributed by atoms with E-state index in [-0.39, 0.29) is 12.0 Å². The molecule has 0 atom stereocenters. The van der Waals surface area contributed by atoms with Gasteiger partial charge in [0.1, 0.15) is 12.4 Å². The highest BCUT2D eigenvalue weighted by atomic mass is 16.5. The molecule has 3 aliphatic rings. The molecule has 0 spiro atoms. The van der Waals surface area contributed by atoms with Gasteiger partial charge in [-0.15, -0.1) is 0 Å². The Labute approximate surface area is 189 Å². The van der Waals surface area contributed by atoms with Crippen LogP contribution in [0.3, 0.4) is 0 Å². The van der Waals surface area contributed by atoms with Crippen molar-refractivity contribution < 1.29 is 24.5 Å². The van der Waals surface area contributed by atoms with Crippen LogP contribution in [0.4, 0.5) is 5.69 Å². The minimum absolute atomic E-state index is 0.159. The van der Waals surface area contributed by atoms with Crippen LogP contribution in [-0.4, -0.2) is 67.0 Å². The number of phenols is 1. The van der Waals surface area contributed by atoms with Gasteiger partial charge in [0.15, 0.2) is 11.5 Å². The van der Waals surface area contributed by atoms with Crippen LogP contribution in [0, 0.1) is 0 Å². The Balaban J connectivity index is 0.000000203. The molecule has 0 unspecified atom stereocenters. The van der Waals surface area contributed by atoms with Gasteiger partial charge in [0, 0.05) is 44.4 Å². The zero-order valence-corrected chi connectivity index (χ0v) is 18.6. The van der Waals surface area contributed by atoms with E-state index >= 15 is 0 Å². The third-order valence-electron chi connectivity index (χ3n) is 6.08. The number of aliphatic hydroxyl groups is 1. The number of methoxy groups -OCH3 is 1. The summed E-state index contributed by atoms with van der Waals surface area (Å²) in [5, 5.41) is 18.2. The smallest absolute Gasteiger partial charge is 0.227 e. The summed E-state index contributed by atoms with van der Waals surface area (Å²) in [5.74, 6) is 2.64. The highest BCUT2D eigenvalue weighted by Gasteiger charge is 2.25. The van der Waals surface area contributed by atoms with Gasteiger partial charge in [0.25, 0.3) is 0 Å². The molecule has 1 saturated carbocycles. The molecule has 2 aromatic carbocycles. The van der Waals surface area contributed by atoms with Crippen molar-refractivity contribution in [1.82, 2.24) is 4.90 Å². The fraction of sp³-hybridized carbons (Fsp3) is 0.480. The summed E-state index contributed by atoms with van der Waals surface area (Å²) in [5.41, 5.74) is 2.23. The predicted octanol–water partition coefficient (Wildman–Crippen LogP) is 3.15. The summed E-state index contributed by atoms with van der Waals surface area (Å²) in [6.07, 6.45) is 3.98. The van der Waals surface area contributed by atoms with Crippen LogP contribution < -0.4 is 14.4 Å². The second-order valence-electron chi connectivity index (χ2n) is 8.61. The van der Waals surface area contributed by atoms with E-state index in [9.17, 15) is 9.90 Å². The average Bonchev–Trinajstić information content (AvgIpc) is 3.54. The second-order valence-corrected chi connectivity index (χ2v) is 8.61. The fourth-order valence-corrected chi connectivity index (χ4v) is 4.04. The van der Waals surface area contributed by atoms with Gasteiger partial charge in [-0.05, 0) is 55.0 Å². The monoisotopic (exact) mass is 440 g/mol. The summed E-state index contributed by atoms with van der Waals surface area (Å²) >= 11 is 0. The van der Waals surface area contributed by atoms with Gasteiger partial charge in [-0.1, -0.05) is 12.1 Å². The van der Waals surface area contributed by atoms with Crippen molar-refractivity contribution in [3.63, 3.8) is 0 Å². The van der Waals surface area contributed by atoms with E-state index in [1.165, 1.54) is 18.4 Å². The number of anilines is 1. The molecule has 5 rings (SSSR count). The first-order valence-electron chi connectivity index (χ1n) is 11.3. The number of nitrogens with zero attached hydrogens (tertiary/aromatic N) is 2. The largest absolute Gasteiger partial charge is 0.508 e. The molecule has 3 fully saturated rings. The Morgan fingerprint density at radius 2 is 1.81 bits per heavy atom. The fourth-order valence-electron chi connectivity index (χ4n) is 4.04. The van der Waals surface area contributed by atoms with E-state index < -0.39 is 0 Å². The van der Waals surface area contributed by atoms with E-state index in [1.807, 2.05) is 30.3 Å². The van der Waals surface area contributed by atoms with Crippen molar-refractivity contribution in [1.29, 1.82) is 0 Å². The Bertz CT molecular complexity index is 907. The molecule has 2 aromatic rings. The number of carbonyl (C=O) groups is 1. The molecule has 0 aromatic heterocycles. The first-order chi connectivity index (χ1) is 15.5. The van der Waals surface area contributed by atoms with E-state index in [2.05, 4.69) is 4.90 Å². The van der Waals surface area contributed by atoms with E-state index in [1.54, 1.807) is 24.1 Å². The Kier molecular flexibility index (Phi) is 7.17. The summed E-state index contributed by atoms with van der Waals surface area (Å²) in [6.45, 7) is 3.53. The molecular weight excluding hydrogens is 408 g/mol. The number of ether oxygens (including phenoxy) is 2. The maximum atomic E-state index is 11.8. The van der Waals surface area contributed by atoms with Gasteiger partial charge >= 0.3 is 0 Å². The van der Waals surface area contributed by atoms with Gasteiger partial charge in [-0.25, -0.2) is 0 Å². The molecule has 0 radical (unpaired) electrons. The summed E-state index contributed by atoms with van der Waals surface area (Å²) < 4.78 is 11.1. The Morgan fingerprint density at radius 3 is 2.41 bits per heavy atom. The van der Waals surface area contributed by atoms with Crippen molar-refractivity contribution >= 4 is 11.6 Å². The van der Waals surface area contributed by atoms with Crippen molar-refractivity contribution in [2.45, 2.75) is 37.7 Å². The van der Waals surface area contributed by atoms with Crippen molar-refractivity contribution in [2.24, 2.45) is 0 Å². The molecule has 0 bridgehead atoms. The van der Waals surface area contributed by atoms with E-state index in [0.717, 1.165) is 44.2 Å². The molecular formula is C25H32N2O5. The molecule has 7 nitrogen and oxygen atoms in total. The minimum Gasteiger partial charge on any atom is -0.508 e. The number of rotatable bonds is 7. The SMILES string of the molecule is COc1cc(N2CCCC2=O)ccc1OCCN1CC(O)C1.Oc1ccc(C2CC2)cc1. The average molecular weight is 441 g/mol. The van der Waals surface area contributed by atoms with Gasteiger partial charge in [0.2, 0.25) is 5.91 Å². The van der Waals surface area contributed by atoms with Crippen molar-refractivity contribution in [3.8, 4) is 17.2 Å². The summed E-state index contributed by atoms with van der Waals surface area (Å²) in [7, 11) is 1.60. The highest BCUT2D eigenvalue weighted by Crippen LogP contribution is 2.40. The Morgan fingerprint density at radius 1 is 1.06 bits per heavy atom. The lowest BCUT2D eigenvalue weighted by molar-refractivity contribution is -0.117. The summed E-state index contributed by atoms with van der Waals surface area (Å²) in [4.78, 5) is 15.7. The molecule has 2 N–H and O–H groups in total. The number of hydrogen-bond donors (Lipinski definition) is 2. The molecule has 32 heavy (non-hydrogen) atoms. The van der Waals surface area contributed by atoms with Gasteiger partial charge in [-0.3, -0.25) is 9.69 Å². The highest BCUT2D eigenvalue weighted by molar-refractivity contribution is 5.95. The van der Waals surface area contributed by atoms with Crippen molar-refractivity contribution in [3.05, 3.63) is 48.0 Å². The lowest BCUT2D eigenvalue weighted by Gasteiger charge is -2.35. The van der Waals surface area contributed by atoms with Crippen LogP contribution in [0.2, 0.25) is 0 Å². The van der Waals surface area contributed by atoms with E-state index in [0.29, 0.717) is 30.3 Å². The molecule has 7 heteroatoms. The lowest BCUT2D eigenvalue weighted by atomic mass is 10.1. The molecule has 1 amide bonds. The number of aromatic hydroxyl groups is 1. The second kappa shape index (κ2) is 10.2. The molecule has 2 aliphatic heterocycles. The van der Waals surface area contributed by atoms with Gasteiger partial charge in [0.05, 0.1) is 13.2 Å². The van der Waals surface area contributed by atoms with E-state index in [4.69, 9.17) is 14.6 Å². The first kappa shape index (κ1) is 22.4. The van der Waals surface area contributed by atoms with Crippen LogP contribution in [-0.2, 0) is 4.79 Å². The number of hydrogen-bond acceptors (Lipinski definition) is 6. The minimum atomic E-state index is -0.188. The number of carbonyl (C=O) groups excluding carboxylic acids is 1. The molecule has 2 saturated heterocycles. The lowest BCUT2D eigenvalue weighted by Crippen LogP contribution is -2.51. The normalized spacial score (nSPS) is 18.7. The van der Waals surface area contributed by atoms with Crippen molar-refractivity contribution in [2.75, 3.05) is 44.8 Å². The van der Waals surface area contributed by atoms with Crippen LogP contribution in [0.1, 0.15) is 37.2 Å². The standard InChI is InChI=1S/C16H22N2O4.C9H10O/c1-21-15-9-12(18-6-2-3-16(18)20)4-5-14(15)22-8-7-17-10-13(19)11-17;10-9-5-3-8(4-6-9)7-1-2-7/h4-5,9,13,19H,2-3,6-8,10-11H2,1H3;3-7,10H,1-2H2. The van der Waals surface area contributed by atoms with Gasteiger partial charge in [-0.2, -0.15) is 0 Å². The number of likely N-dealkylation sites (tertiary alicyclic amines) is 1. The Hall–Kier alpha value is -2.77. The quantitative estimate of drug-likeness (QED) is 0.688. The van der Waals surface area contributed by atoms with Crippen LogP contribution in [0.25, 0.3) is 0 Å². The number of aliphatic hydroxyl groups excluding tert-OH is 1. The third kappa shape index (κ3) is 5.72. The third-order valence-corrected chi connectivity index (χ3v) is 6.08. The van der Waals surface area contributed by atoms with Crippen LogP contribution >= 0.6 is 0 Å². The summed E-state index contributed by atoms with van der Waals surface area (Å²) in [6, 6.07) is 13.1. The number of amides is 1. The van der Waals surface area contributed by atoms with Crippen LogP contribution in [0.5, 0.6) is 17.2 Å². The maximum absolute atomic E-state index is 11.8. The molecule has 1 aliphatic carbocycles. The number of β-amino-alcohol motifs (C(OH)–C–C–N with tert-alkyl or cyclic N) is 1. The number of phenolic OH excluding ortho intramolecular Hbond substituents is 1. The van der Waals surface area contributed by atoms with Crippen LogP contribution in [0.15, 0.2) is 42.5 Å². The molecule has 172 valence electrons. The van der Waals surface area contributed by atoms with Gasteiger partial charge < -0.3 is 24.6 Å². The maximum Gasteiger partial charge on any atom is 0.227 e. The zero-order valence-electron chi connectivity index (χ0n) is 18.6. The zero-order chi connectivity index (χ0) is 22.5. The predicted molar refractivity (Wildman–Crippen MR) is 123 cm³/mol. The topological polar surface area (TPSA) is 82.5 Å². The number of benzene rings is 2. The molecule has 2 heterocycles.